The molecule has 0 aliphatic heterocycles. The number of amides is 4. The first-order valence-corrected chi connectivity index (χ1v) is 22.1. The molecule has 1 aromatic heterocycles. The summed E-state index contributed by atoms with van der Waals surface area (Å²) in [4.78, 5) is 95.6. The third kappa shape index (κ3) is 13.4. The molecule has 0 fully saturated rings. The molecule has 17 heteroatoms. The smallest absolute Gasteiger partial charge is 0.419 e. The number of nitrogens with two attached hydrogens (primary N) is 1. The van der Waals surface area contributed by atoms with E-state index in [2.05, 4.69) is 21.3 Å². The molecule has 0 bridgehead atoms. The number of nitrogens with one attached hydrogen (secondary N) is 4. The average Bonchev–Trinajstić information content (AvgIpc) is 3.64. The lowest BCUT2D eigenvalue weighted by atomic mass is 9.77. The molecule has 4 aromatic carbocycles. The lowest BCUT2D eigenvalue weighted by Gasteiger charge is -2.37. The molecule has 0 saturated carbocycles. The van der Waals surface area contributed by atoms with E-state index < -0.39 is 102 Å². The molecule has 1 heterocycles. The van der Waals surface area contributed by atoms with Crippen molar-refractivity contribution in [3.63, 3.8) is 0 Å². The highest BCUT2D eigenvalue weighted by Gasteiger charge is 2.40. The fraction of sp³-hybridized carbons (Fsp3) is 0.353. The Labute approximate surface area is 394 Å². The van der Waals surface area contributed by atoms with Crippen LogP contribution in [0.1, 0.15) is 83.6 Å². The second kappa shape index (κ2) is 22.0. The van der Waals surface area contributed by atoms with Gasteiger partial charge in [0.25, 0.3) is 0 Å². The first-order chi connectivity index (χ1) is 32.0. The van der Waals surface area contributed by atoms with E-state index in [0.29, 0.717) is 33.2 Å². The first kappa shape index (κ1) is 51.6. The largest absolute Gasteiger partial charge is 0.480 e. The zero-order chi connectivity index (χ0) is 50.0. The zero-order valence-corrected chi connectivity index (χ0v) is 39.1. The molecule has 8 N–H and O–H groups in total. The molecule has 0 spiro atoms. The molecule has 4 amide bonds. The van der Waals surface area contributed by atoms with Gasteiger partial charge in [0, 0.05) is 11.6 Å². The highest BCUT2D eigenvalue weighted by molar-refractivity contribution is 5.98. The number of fused-ring (bicyclic) bond motifs is 1. The SMILES string of the molecule is C[C@@H](O)[C@H](NC(=O)[C@H](CC(=O)OC(C)(C)C)NC(=O)[C@@H](CC(=O)NC(c1ccccc1)(c1ccccc1)c1ccccc1)NC(=O)[C@@H](N)Cc1cn(C(=O)OC(C)(C)C)c2ccccc12)C(=O)O. The number of hydrogen-bond donors (Lipinski definition) is 7. The van der Waals surface area contributed by atoms with E-state index in [1.54, 1.807) is 65.8 Å². The van der Waals surface area contributed by atoms with Crippen LogP contribution in [0.5, 0.6) is 0 Å². The fourth-order valence-electron chi connectivity index (χ4n) is 7.59. The topological polar surface area (TPSA) is 257 Å². The number of benzene rings is 4. The van der Waals surface area contributed by atoms with Crippen LogP contribution in [0, 0.1) is 0 Å². The van der Waals surface area contributed by atoms with E-state index >= 15 is 0 Å². The van der Waals surface area contributed by atoms with Crippen LogP contribution in [0.2, 0.25) is 0 Å². The lowest BCUT2D eigenvalue weighted by molar-refractivity contribution is -0.157. The summed E-state index contributed by atoms with van der Waals surface area (Å²) in [5, 5.41) is 30.8. The molecular weight excluding hydrogens is 873 g/mol. The number of nitrogens with zero attached hydrogens (tertiary/aromatic N) is 1. The molecule has 5 rings (SSSR count). The van der Waals surface area contributed by atoms with E-state index in [0.717, 1.165) is 6.92 Å². The van der Waals surface area contributed by atoms with Crippen molar-refractivity contribution in [3.8, 4) is 0 Å². The minimum atomic E-state index is -1.84. The summed E-state index contributed by atoms with van der Waals surface area (Å²) in [6, 6.07) is 27.5. The number of para-hydroxylation sites is 1. The Morgan fingerprint density at radius 2 is 1.09 bits per heavy atom. The monoisotopic (exact) mass is 932 g/mol. The van der Waals surface area contributed by atoms with Crippen LogP contribution < -0.4 is 27.0 Å². The van der Waals surface area contributed by atoms with Crippen molar-refractivity contribution in [2.75, 3.05) is 0 Å². The van der Waals surface area contributed by atoms with E-state index in [1.165, 1.54) is 10.8 Å². The summed E-state index contributed by atoms with van der Waals surface area (Å²) in [5.41, 5.74) is 6.31. The third-order valence-electron chi connectivity index (χ3n) is 10.6. The highest BCUT2D eigenvalue weighted by Crippen LogP contribution is 2.37. The van der Waals surface area contributed by atoms with Crippen LogP contribution in [0.3, 0.4) is 0 Å². The third-order valence-corrected chi connectivity index (χ3v) is 10.6. The molecule has 0 saturated heterocycles. The van der Waals surface area contributed by atoms with Crippen molar-refractivity contribution >= 4 is 52.6 Å². The minimum Gasteiger partial charge on any atom is -0.480 e. The van der Waals surface area contributed by atoms with E-state index in [-0.39, 0.29) is 6.42 Å². The summed E-state index contributed by atoms with van der Waals surface area (Å²) < 4.78 is 12.3. The minimum absolute atomic E-state index is 0.151. The summed E-state index contributed by atoms with van der Waals surface area (Å²) in [7, 11) is 0. The van der Waals surface area contributed by atoms with Gasteiger partial charge in [-0.3, -0.25) is 28.5 Å². The molecule has 17 nitrogen and oxygen atoms in total. The molecule has 5 atom stereocenters. The molecule has 360 valence electrons. The number of carbonyl (C=O) groups is 7. The van der Waals surface area contributed by atoms with Crippen molar-refractivity contribution in [2.24, 2.45) is 5.73 Å². The van der Waals surface area contributed by atoms with Crippen molar-refractivity contribution in [1.29, 1.82) is 0 Å². The Kier molecular flexibility index (Phi) is 16.7. The van der Waals surface area contributed by atoms with Crippen LogP contribution in [-0.2, 0) is 50.2 Å². The first-order valence-electron chi connectivity index (χ1n) is 22.1. The second-order valence-corrected chi connectivity index (χ2v) is 18.4. The van der Waals surface area contributed by atoms with Crippen molar-refractivity contribution in [1.82, 2.24) is 25.8 Å². The van der Waals surface area contributed by atoms with Gasteiger partial charge in [-0.1, -0.05) is 109 Å². The van der Waals surface area contributed by atoms with Gasteiger partial charge in [0.2, 0.25) is 23.6 Å². The molecule has 0 unspecified atom stereocenters. The van der Waals surface area contributed by atoms with Crippen LogP contribution in [0.15, 0.2) is 121 Å². The fourth-order valence-corrected chi connectivity index (χ4v) is 7.59. The van der Waals surface area contributed by atoms with Crippen molar-refractivity contribution < 1.29 is 53.2 Å². The van der Waals surface area contributed by atoms with Gasteiger partial charge in [-0.15, -0.1) is 0 Å². The van der Waals surface area contributed by atoms with Crippen LogP contribution in [0.4, 0.5) is 4.79 Å². The summed E-state index contributed by atoms with van der Waals surface area (Å²) in [6.07, 6.45) is -2.45. The predicted octanol–water partition coefficient (Wildman–Crippen LogP) is 4.44. The lowest BCUT2D eigenvalue weighted by Crippen LogP contribution is -2.60. The second-order valence-electron chi connectivity index (χ2n) is 18.4. The maximum Gasteiger partial charge on any atom is 0.419 e. The van der Waals surface area contributed by atoms with Gasteiger partial charge >= 0.3 is 18.0 Å². The summed E-state index contributed by atoms with van der Waals surface area (Å²) >= 11 is 0. The van der Waals surface area contributed by atoms with Crippen LogP contribution >= 0.6 is 0 Å². The standard InChI is InChI=1S/C51H60N6O11/c1-31(58)43(47(64)65)55-46(63)39(29-42(60)67-49(2,3)4)54-45(62)38(53-44(61)37(52)27-32-30-57(48(66)68-50(5,6)7)40-26-18-17-25-36(32)40)28-41(59)56-51(33-19-11-8-12-20-33,34-21-13-9-14-22-34)35-23-15-10-16-24-35/h8-26,30-31,37-39,43,58H,27-29,52H2,1-7H3,(H,53,61)(H,54,62)(H,55,63)(H,56,59)(H,64,65)/t31-,37+,38-,39+,43+/m1/s1. The van der Waals surface area contributed by atoms with Gasteiger partial charge in [0.15, 0.2) is 6.04 Å². The summed E-state index contributed by atoms with van der Waals surface area (Å²) in [6.45, 7) is 11.0. The number of carboxylic acid groups (broad SMARTS) is 1. The molecule has 5 aromatic rings. The predicted molar refractivity (Wildman–Crippen MR) is 253 cm³/mol. The van der Waals surface area contributed by atoms with Crippen LogP contribution in [0.25, 0.3) is 10.9 Å². The van der Waals surface area contributed by atoms with Gasteiger partial charge in [0.1, 0.15) is 28.8 Å². The molecule has 0 aliphatic carbocycles. The highest BCUT2D eigenvalue weighted by atomic mass is 16.6. The van der Waals surface area contributed by atoms with E-state index in [1.807, 2.05) is 91.0 Å². The number of hydrogen-bond acceptors (Lipinski definition) is 11. The average molecular weight is 933 g/mol. The Balaban J connectivity index is 1.54. The molecule has 68 heavy (non-hydrogen) atoms. The number of aromatic nitrogens is 1. The molecule has 0 aliphatic rings. The molecule has 0 radical (unpaired) electrons. The maximum atomic E-state index is 14.7. The van der Waals surface area contributed by atoms with Gasteiger partial charge < -0.3 is 46.7 Å². The Morgan fingerprint density at radius 3 is 1.57 bits per heavy atom. The van der Waals surface area contributed by atoms with E-state index in [4.69, 9.17) is 15.2 Å². The zero-order valence-electron chi connectivity index (χ0n) is 39.1. The number of esters is 1. The number of aliphatic carboxylic acids is 1. The Hall–Kier alpha value is -7.37. The Bertz CT molecular complexity index is 2490. The normalized spacial score (nSPS) is 14.0. The number of carbonyl (C=O) groups excluding carboxylic acids is 6. The van der Waals surface area contributed by atoms with Crippen LogP contribution in [-0.4, -0.2) is 97.9 Å². The number of carboxylic acids is 1. The summed E-state index contributed by atoms with van der Waals surface area (Å²) in [5.74, 6) is -6.50. The number of rotatable bonds is 18. The van der Waals surface area contributed by atoms with Gasteiger partial charge in [-0.05, 0) is 83.2 Å². The Morgan fingerprint density at radius 1 is 0.632 bits per heavy atom. The number of aliphatic hydroxyl groups excluding tert-OH is 1. The quantitative estimate of drug-likeness (QED) is 0.0476. The molecular formula is C51H60N6O11. The van der Waals surface area contributed by atoms with Gasteiger partial charge in [0.05, 0.1) is 30.5 Å². The number of ether oxygens (including phenoxy) is 2. The van der Waals surface area contributed by atoms with E-state index in [9.17, 15) is 43.8 Å². The maximum absolute atomic E-state index is 14.7. The number of aliphatic hydroxyl groups is 1. The van der Waals surface area contributed by atoms with Gasteiger partial charge in [-0.25, -0.2) is 9.59 Å². The van der Waals surface area contributed by atoms with Crippen molar-refractivity contribution in [2.45, 2.75) is 115 Å². The van der Waals surface area contributed by atoms with Gasteiger partial charge in [-0.2, -0.15) is 0 Å². The van der Waals surface area contributed by atoms with Crippen molar-refractivity contribution in [3.05, 3.63) is 144 Å².